The fraction of sp³-hybridized carbons (Fsp3) is 0.309. The van der Waals surface area contributed by atoms with Crippen molar-refractivity contribution in [2.45, 2.75) is 89.9 Å². The molecule has 0 radical (unpaired) electrons. The van der Waals surface area contributed by atoms with E-state index in [0.29, 0.717) is 90.0 Å². The van der Waals surface area contributed by atoms with E-state index in [2.05, 4.69) is 45.8 Å². The van der Waals surface area contributed by atoms with Crippen LogP contribution in [0, 0.1) is 17.2 Å². The molecule has 0 aliphatic carbocycles. The third-order valence-corrected chi connectivity index (χ3v) is 15.9. The first-order valence-electron chi connectivity index (χ1n) is 29.4. The molecule has 21 heteroatoms. The second-order valence-corrected chi connectivity index (χ2v) is 22.2. The van der Waals surface area contributed by atoms with Crippen LogP contribution < -0.4 is 44.4 Å². The highest BCUT2D eigenvalue weighted by molar-refractivity contribution is 6.15. The van der Waals surface area contributed by atoms with Crippen molar-refractivity contribution < 1.29 is 57.2 Å². The van der Waals surface area contributed by atoms with E-state index in [-0.39, 0.29) is 55.1 Å². The average molecular weight is 1200 g/mol. The Kier molecular flexibility index (Phi) is 19.0. The maximum atomic E-state index is 14.2. The van der Waals surface area contributed by atoms with Crippen molar-refractivity contribution in [2.75, 3.05) is 46.4 Å². The zero-order valence-electron chi connectivity index (χ0n) is 50.4. The molecule has 5 aliphatic heterocycles. The average Bonchev–Trinajstić information content (AvgIpc) is 1.92. The van der Waals surface area contributed by atoms with E-state index >= 15 is 0 Å². The fourth-order valence-electron chi connectivity index (χ4n) is 10.9. The molecule has 0 fully saturated rings. The van der Waals surface area contributed by atoms with Crippen LogP contribution in [0.25, 0.3) is 16.8 Å². The largest absolute Gasteiger partial charge is 0.497 e. The standard InChI is InChI=1S/C68H69N9O12/c1-40(2)64(74-62(78)12-9-8-10-25-75-63(79)34-61(68(75)83)89-52-21-13-43(35-69)14-22-52)66(81)72-41(3)65(80)73-48-19-15-44(16-20-48)47-29-50-37-71-56-33-60(58(86-7)31-54(56)67(82)77(50)39-47)88-27-11-26-87-59-32-55-53(30-57(59)85-6)42(4)76-38-46(28-49(76)36-70-55)45-17-23-51(84-5)24-18-45/h13-24,30-34,36-41,49-50,64H,4,8-12,25-29H2,1-3,5-7H3,(H,72,81)(H,73,80)(H,74,78)/t41?,49?,50-,64?/m0/s1. The number of amides is 6. The summed E-state index contributed by atoms with van der Waals surface area (Å²) < 4.78 is 34.9. The molecule has 3 unspecified atom stereocenters. The molecule has 89 heavy (non-hydrogen) atoms. The summed E-state index contributed by atoms with van der Waals surface area (Å²) in [7, 11) is 4.77. The molecule has 0 spiro atoms. The number of rotatable bonds is 25. The van der Waals surface area contributed by atoms with Crippen molar-refractivity contribution in [2.24, 2.45) is 15.9 Å². The SMILES string of the molecule is C=C1c2cc(OC)c(OCCCOc3cc4c(cc3OC)C(=O)N3C=C(c5ccc(NC(=O)C(C)NC(=O)C(NC(=O)CCCCCN6C(=O)C=C(Oc7ccc(C#N)cc7)C6=O)C(C)C)cc5)C[C@H]3C=N4)cc2N=CC2CC(c3ccc(OC)cc3)=CN12. The van der Waals surface area contributed by atoms with Gasteiger partial charge in [0, 0.05) is 86.1 Å². The Balaban J connectivity index is 0.659. The number of fused-ring (bicyclic) bond motifs is 4. The number of benzene rings is 5. The molecule has 5 aliphatic rings. The van der Waals surface area contributed by atoms with Gasteiger partial charge in [-0.05, 0) is 109 Å². The molecule has 0 saturated heterocycles. The highest BCUT2D eigenvalue weighted by atomic mass is 16.5. The van der Waals surface area contributed by atoms with Crippen LogP contribution >= 0.6 is 0 Å². The summed E-state index contributed by atoms with van der Waals surface area (Å²) in [6.07, 6.45) is 12.1. The van der Waals surface area contributed by atoms with Gasteiger partial charge in [-0.25, -0.2) is 0 Å². The number of hydrogen-bond donors (Lipinski definition) is 3. The monoisotopic (exact) mass is 1200 g/mol. The Morgan fingerprint density at radius 1 is 0.663 bits per heavy atom. The maximum absolute atomic E-state index is 14.2. The Hall–Kier alpha value is -10.5. The molecule has 0 saturated carbocycles. The van der Waals surface area contributed by atoms with Crippen molar-refractivity contribution in [3.05, 3.63) is 156 Å². The van der Waals surface area contributed by atoms with Gasteiger partial charge in [-0.2, -0.15) is 5.26 Å². The minimum absolute atomic E-state index is 0.00639. The van der Waals surface area contributed by atoms with E-state index in [1.54, 1.807) is 82.5 Å². The lowest BCUT2D eigenvalue weighted by molar-refractivity contribution is -0.138. The second kappa shape index (κ2) is 27.5. The lowest BCUT2D eigenvalue weighted by atomic mass is 10.0. The lowest BCUT2D eigenvalue weighted by Crippen LogP contribution is -2.53. The van der Waals surface area contributed by atoms with Crippen LogP contribution in [0.3, 0.4) is 0 Å². The summed E-state index contributed by atoms with van der Waals surface area (Å²) in [6.45, 7) is 10.3. The van der Waals surface area contributed by atoms with Crippen molar-refractivity contribution in [1.82, 2.24) is 25.3 Å². The van der Waals surface area contributed by atoms with Crippen LogP contribution in [-0.2, 0) is 24.0 Å². The number of hydrogen-bond acceptors (Lipinski definition) is 16. The Morgan fingerprint density at radius 2 is 1.25 bits per heavy atom. The van der Waals surface area contributed by atoms with Gasteiger partial charge in [0.05, 0.1) is 81.3 Å². The number of imide groups is 1. The molecule has 4 atom stereocenters. The first kappa shape index (κ1) is 61.6. The summed E-state index contributed by atoms with van der Waals surface area (Å²) in [5, 5.41) is 17.4. The maximum Gasteiger partial charge on any atom is 0.296 e. The van der Waals surface area contributed by atoms with Crippen molar-refractivity contribution >= 4 is 81.8 Å². The number of nitrogens with zero attached hydrogens (tertiary/aromatic N) is 6. The van der Waals surface area contributed by atoms with E-state index < -0.39 is 35.7 Å². The van der Waals surface area contributed by atoms with Gasteiger partial charge in [0.2, 0.25) is 17.7 Å². The van der Waals surface area contributed by atoms with Gasteiger partial charge in [-0.15, -0.1) is 0 Å². The summed E-state index contributed by atoms with van der Waals surface area (Å²) in [5.74, 6) is -0.0326. The van der Waals surface area contributed by atoms with Crippen LogP contribution in [-0.4, -0.2) is 128 Å². The van der Waals surface area contributed by atoms with Gasteiger partial charge in [0.15, 0.2) is 28.8 Å². The Labute approximate surface area is 516 Å². The van der Waals surface area contributed by atoms with Crippen LogP contribution in [0.1, 0.15) is 98.3 Å². The third-order valence-electron chi connectivity index (χ3n) is 15.9. The molecule has 5 heterocycles. The Bertz CT molecular complexity index is 3790. The molecule has 0 aromatic heterocycles. The predicted octanol–water partition coefficient (Wildman–Crippen LogP) is 9.68. The molecule has 6 amide bonds. The smallest absolute Gasteiger partial charge is 0.296 e. The van der Waals surface area contributed by atoms with Crippen LogP contribution in [0.5, 0.6) is 34.5 Å². The molecule has 3 N–H and O–H groups in total. The van der Waals surface area contributed by atoms with Crippen LogP contribution in [0.4, 0.5) is 17.1 Å². The number of methoxy groups -OCH3 is 3. The van der Waals surface area contributed by atoms with E-state index in [1.807, 2.05) is 54.9 Å². The molecule has 5 aromatic carbocycles. The lowest BCUT2D eigenvalue weighted by Gasteiger charge is -2.24. The third kappa shape index (κ3) is 14.0. The van der Waals surface area contributed by atoms with Gasteiger partial charge >= 0.3 is 0 Å². The van der Waals surface area contributed by atoms with Crippen molar-refractivity contribution in [1.29, 1.82) is 5.26 Å². The number of carbonyl (C=O) groups excluding carboxylic acids is 6. The van der Waals surface area contributed by atoms with E-state index in [1.165, 1.54) is 24.8 Å². The molecule has 5 aromatic rings. The molecule has 0 bridgehead atoms. The number of nitrogens with one attached hydrogen (secondary N) is 3. The minimum Gasteiger partial charge on any atom is -0.497 e. The highest BCUT2D eigenvalue weighted by Crippen LogP contribution is 2.45. The predicted molar refractivity (Wildman–Crippen MR) is 335 cm³/mol. The number of aliphatic imine (C=N–C) groups is 2. The van der Waals surface area contributed by atoms with Gasteiger partial charge in [-0.1, -0.05) is 51.1 Å². The number of anilines is 1. The molecular weight excluding hydrogens is 1130 g/mol. The van der Waals surface area contributed by atoms with Gasteiger partial charge in [0.1, 0.15) is 23.6 Å². The second-order valence-electron chi connectivity index (χ2n) is 22.2. The molecule has 10 rings (SSSR count). The topological polar surface area (TPSA) is 252 Å². The number of nitriles is 1. The quantitative estimate of drug-likeness (QED) is 0.0363. The van der Waals surface area contributed by atoms with E-state index in [9.17, 15) is 28.8 Å². The van der Waals surface area contributed by atoms with Gasteiger partial charge in [0.25, 0.3) is 17.7 Å². The van der Waals surface area contributed by atoms with E-state index in [4.69, 9.17) is 43.7 Å². The molecule has 21 nitrogen and oxygen atoms in total. The first-order valence-corrected chi connectivity index (χ1v) is 29.4. The highest BCUT2D eigenvalue weighted by Gasteiger charge is 2.36. The minimum atomic E-state index is -0.952. The normalized spacial score (nSPS) is 17.0. The fourth-order valence-corrected chi connectivity index (χ4v) is 10.9. The summed E-state index contributed by atoms with van der Waals surface area (Å²) in [4.78, 5) is 93.9. The van der Waals surface area contributed by atoms with Gasteiger partial charge in [-0.3, -0.25) is 43.7 Å². The summed E-state index contributed by atoms with van der Waals surface area (Å²) in [6, 6.07) is 28.3. The molecule has 458 valence electrons. The number of ether oxygens (including phenoxy) is 6. The number of carbonyl (C=O) groups is 6. The summed E-state index contributed by atoms with van der Waals surface area (Å²) >= 11 is 0. The van der Waals surface area contributed by atoms with Crippen molar-refractivity contribution in [3.8, 4) is 40.6 Å². The van der Waals surface area contributed by atoms with E-state index in [0.717, 1.165) is 56.8 Å². The van der Waals surface area contributed by atoms with Gasteiger partial charge < -0.3 is 54.2 Å². The van der Waals surface area contributed by atoms with Crippen LogP contribution in [0.15, 0.2) is 138 Å². The van der Waals surface area contributed by atoms with Crippen LogP contribution in [0.2, 0.25) is 0 Å². The molecular formula is C68H69N9O12. The summed E-state index contributed by atoms with van der Waals surface area (Å²) in [5.41, 5.74) is 8.14. The zero-order valence-corrected chi connectivity index (χ0v) is 50.4. The van der Waals surface area contributed by atoms with Crippen molar-refractivity contribution in [3.63, 3.8) is 0 Å². The first-order chi connectivity index (χ1) is 43.0. The Morgan fingerprint density at radius 3 is 1.85 bits per heavy atom. The zero-order chi connectivity index (χ0) is 62.9. The number of unbranched alkanes of at least 4 members (excludes halogenated alkanes) is 2.